The Bertz CT molecular complexity index is 404. The van der Waals surface area contributed by atoms with Gasteiger partial charge in [0.25, 0.3) is 0 Å². The first kappa shape index (κ1) is 10.6. The van der Waals surface area contributed by atoms with Gasteiger partial charge in [0.15, 0.2) is 0 Å². The summed E-state index contributed by atoms with van der Waals surface area (Å²) in [4.78, 5) is 2.07. The van der Waals surface area contributed by atoms with E-state index in [-0.39, 0.29) is 16.4 Å². The molecule has 0 aromatic heterocycles. The van der Waals surface area contributed by atoms with Gasteiger partial charge in [0.05, 0.1) is 21.9 Å². The van der Waals surface area contributed by atoms with Crippen LogP contribution in [0.3, 0.4) is 0 Å². The predicted octanol–water partition coefficient (Wildman–Crippen LogP) is 3.12. The smallest absolute Gasteiger partial charge is 0.144 e. The molecule has 0 atom stereocenters. The number of benzene rings is 1. The molecule has 2 nitrogen and oxygen atoms in total. The second-order valence-electron chi connectivity index (χ2n) is 4.51. The maximum atomic E-state index is 13.3. The third kappa shape index (κ3) is 1.65. The third-order valence-corrected chi connectivity index (χ3v) is 3.31. The lowest BCUT2D eigenvalue weighted by atomic mass is 9.98. The zero-order chi connectivity index (χ0) is 11.2. The zero-order valence-electron chi connectivity index (χ0n) is 9.06. The SMILES string of the molecule is CN1c2cc(F)c(Cl)cc2NCC1(C)C. The van der Waals surface area contributed by atoms with Crippen LogP contribution >= 0.6 is 11.6 Å². The van der Waals surface area contributed by atoms with Crippen LogP contribution in [-0.4, -0.2) is 19.1 Å². The molecule has 15 heavy (non-hydrogen) atoms. The minimum absolute atomic E-state index is 0.0206. The molecular weight excluding hydrogens is 215 g/mol. The summed E-state index contributed by atoms with van der Waals surface area (Å²) >= 11 is 5.73. The molecule has 1 heterocycles. The molecule has 0 saturated carbocycles. The Balaban J connectivity index is 2.52. The van der Waals surface area contributed by atoms with Gasteiger partial charge in [-0.2, -0.15) is 0 Å². The van der Waals surface area contributed by atoms with Crippen LogP contribution in [-0.2, 0) is 0 Å². The van der Waals surface area contributed by atoms with Crippen LogP contribution in [0.5, 0.6) is 0 Å². The van der Waals surface area contributed by atoms with Crippen molar-refractivity contribution >= 4 is 23.0 Å². The molecule has 82 valence electrons. The topological polar surface area (TPSA) is 15.3 Å². The van der Waals surface area contributed by atoms with Crippen molar-refractivity contribution in [2.24, 2.45) is 0 Å². The molecule has 1 aliphatic heterocycles. The van der Waals surface area contributed by atoms with Crippen LogP contribution < -0.4 is 10.2 Å². The normalized spacial score (nSPS) is 18.3. The van der Waals surface area contributed by atoms with Crippen LogP contribution in [0, 0.1) is 5.82 Å². The van der Waals surface area contributed by atoms with E-state index in [2.05, 4.69) is 24.1 Å². The summed E-state index contributed by atoms with van der Waals surface area (Å²) in [6, 6.07) is 3.11. The van der Waals surface area contributed by atoms with Crippen LogP contribution in [0.15, 0.2) is 12.1 Å². The molecule has 2 rings (SSSR count). The molecule has 1 aromatic carbocycles. The fourth-order valence-electron chi connectivity index (χ4n) is 1.71. The number of nitrogens with one attached hydrogen (secondary N) is 1. The van der Waals surface area contributed by atoms with Gasteiger partial charge >= 0.3 is 0 Å². The molecule has 0 aliphatic carbocycles. The third-order valence-electron chi connectivity index (χ3n) is 3.02. The first-order valence-corrected chi connectivity index (χ1v) is 5.26. The fraction of sp³-hybridized carbons (Fsp3) is 0.455. The van der Waals surface area contributed by atoms with Crippen molar-refractivity contribution in [3.05, 3.63) is 23.0 Å². The first-order chi connectivity index (χ1) is 6.92. The van der Waals surface area contributed by atoms with Crippen molar-refractivity contribution in [3.8, 4) is 0 Å². The second kappa shape index (κ2) is 3.27. The quantitative estimate of drug-likeness (QED) is 0.734. The lowest BCUT2D eigenvalue weighted by Gasteiger charge is -2.43. The summed E-state index contributed by atoms with van der Waals surface area (Å²) in [5.41, 5.74) is 1.73. The molecule has 1 N–H and O–H groups in total. The van der Waals surface area contributed by atoms with E-state index in [0.717, 1.165) is 17.9 Å². The van der Waals surface area contributed by atoms with Crippen LogP contribution in [0.25, 0.3) is 0 Å². The van der Waals surface area contributed by atoms with Gasteiger partial charge in [-0.25, -0.2) is 4.39 Å². The van der Waals surface area contributed by atoms with Gasteiger partial charge in [0.1, 0.15) is 5.82 Å². The average molecular weight is 229 g/mol. The van der Waals surface area contributed by atoms with Crippen molar-refractivity contribution in [2.75, 3.05) is 23.8 Å². The van der Waals surface area contributed by atoms with Gasteiger partial charge in [0.2, 0.25) is 0 Å². The van der Waals surface area contributed by atoms with Crippen LogP contribution in [0.1, 0.15) is 13.8 Å². The lowest BCUT2D eigenvalue weighted by Crippen LogP contribution is -2.50. The Kier molecular flexibility index (Phi) is 2.30. The maximum Gasteiger partial charge on any atom is 0.144 e. The standard InChI is InChI=1S/C11H14ClFN2/c1-11(2)6-14-9-4-7(12)8(13)5-10(9)15(11)3/h4-5,14H,6H2,1-3H3. The predicted molar refractivity (Wildman–Crippen MR) is 62.4 cm³/mol. The van der Waals surface area contributed by atoms with E-state index in [1.807, 2.05) is 7.05 Å². The highest BCUT2D eigenvalue weighted by Gasteiger charge is 2.30. The molecule has 0 spiro atoms. The molecular formula is C11H14ClFN2. The largest absolute Gasteiger partial charge is 0.381 e. The van der Waals surface area contributed by atoms with Gasteiger partial charge in [-0.15, -0.1) is 0 Å². The van der Waals surface area contributed by atoms with E-state index < -0.39 is 0 Å². The highest BCUT2D eigenvalue weighted by Crippen LogP contribution is 2.37. The van der Waals surface area contributed by atoms with Gasteiger partial charge in [-0.3, -0.25) is 0 Å². The van der Waals surface area contributed by atoms with Crippen LogP contribution in [0.4, 0.5) is 15.8 Å². The highest BCUT2D eigenvalue weighted by molar-refractivity contribution is 6.31. The Hall–Kier alpha value is -0.960. The van der Waals surface area contributed by atoms with Gasteiger partial charge in [0, 0.05) is 19.7 Å². The molecule has 1 aromatic rings. The number of halogens is 2. The maximum absolute atomic E-state index is 13.3. The van der Waals surface area contributed by atoms with E-state index in [1.54, 1.807) is 6.07 Å². The Morgan fingerprint density at radius 3 is 2.80 bits per heavy atom. The van der Waals surface area contributed by atoms with E-state index >= 15 is 0 Å². The number of hydrogen-bond donors (Lipinski definition) is 1. The summed E-state index contributed by atoms with van der Waals surface area (Å²) in [7, 11) is 1.97. The van der Waals surface area contributed by atoms with Crippen molar-refractivity contribution in [2.45, 2.75) is 19.4 Å². The molecule has 0 amide bonds. The first-order valence-electron chi connectivity index (χ1n) is 4.88. The summed E-state index contributed by atoms with van der Waals surface area (Å²) in [5, 5.41) is 3.42. The Labute approximate surface area is 94.0 Å². The van der Waals surface area contributed by atoms with Crippen molar-refractivity contribution in [3.63, 3.8) is 0 Å². The number of fused-ring (bicyclic) bond motifs is 1. The van der Waals surface area contributed by atoms with Gasteiger partial charge < -0.3 is 10.2 Å². The number of nitrogens with zero attached hydrogens (tertiary/aromatic N) is 1. The number of likely N-dealkylation sites (N-methyl/N-ethyl adjacent to an activating group) is 1. The van der Waals surface area contributed by atoms with Crippen molar-refractivity contribution in [1.82, 2.24) is 0 Å². The summed E-state index contributed by atoms with van der Waals surface area (Å²) in [5.74, 6) is -0.373. The summed E-state index contributed by atoms with van der Waals surface area (Å²) < 4.78 is 13.3. The molecule has 1 aliphatic rings. The van der Waals surface area contributed by atoms with E-state index in [1.165, 1.54) is 6.07 Å². The number of anilines is 2. The lowest BCUT2D eigenvalue weighted by molar-refractivity contribution is 0.501. The molecule has 0 saturated heterocycles. The van der Waals surface area contributed by atoms with E-state index in [4.69, 9.17) is 11.6 Å². The molecule has 0 bridgehead atoms. The molecule has 4 heteroatoms. The summed E-state index contributed by atoms with van der Waals surface area (Å²) in [6.07, 6.45) is 0. The van der Waals surface area contributed by atoms with E-state index in [0.29, 0.717) is 0 Å². The Morgan fingerprint density at radius 2 is 2.13 bits per heavy atom. The summed E-state index contributed by atoms with van der Waals surface area (Å²) in [6.45, 7) is 5.03. The second-order valence-corrected chi connectivity index (χ2v) is 4.92. The highest BCUT2D eigenvalue weighted by atomic mass is 35.5. The monoisotopic (exact) mass is 228 g/mol. The number of hydrogen-bond acceptors (Lipinski definition) is 2. The zero-order valence-corrected chi connectivity index (χ0v) is 9.82. The van der Waals surface area contributed by atoms with Crippen molar-refractivity contribution in [1.29, 1.82) is 0 Å². The van der Waals surface area contributed by atoms with E-state index in [9.17, 15) is 4.39 Å². The number of rotatable bonds is 0. The van der Waals surface area contributed by atoms with Gasteiger partial charge in [-0.05, 0) is 19.9 Å². The van der Waals surface area contributed by atoms with Gasteiger partial charge in [-0.1, -0.05) is 11.6 Å². The molecule has 0 unspecified atom stereocenters. The minimum atomic E-state index is -0.373. The fourth-order valence-corrected chi connectivity index (χ4v) is 1.88. The molecule has 0 fully saturated rings. The van der Waals surface area contributed by atoms with Crippen LogP contribution in [0.2, 0.25) is 5.02 Å². The van der Waals surface area contributed by atoms with Crippen molar-refractivity contribution < 1.29 is 4.39 Å². The minimum Gasteiger partial charge on any atom is -0.381 e. The Morgan fingerprint density at radius 1 is 1.47 bits per heavy atom. The average Bonchev–Trinajstić information content (AvgIpc) is 2.16. The molecule has 0 radical (unpaired) electrons.